The molecule has 1 fully saturated rings. The van der Waals surface area contributed by atoms with Gasteiger partial charge < -0.3 is 10.4 Å². The van der Waals surface area contributed by atoms with Gasteiger partial charge in [-0.1, -0.05) is 0 Å². The highest BCUT2D eigenvalue weighted by molar-refractivity contribution is 5.98. The average molecular weight is 206 g/mol. The molecule has 78 valence electrons. The molecular formula is C10H10N2O3. The monoisotopic (exact) mass is 206 g/mol. The summed E-state index contributed by atoms with van der Waals surface area (Å²) in [7, 11) is 0. The SMILES string of the molecule is O=C(NC1(C(=O)O)CC1)c1ccncc1. The standard InChI is InChI=1S/C10H10N2O3/c13-8(7-1-5-11-6-2-7)12-10(3-4-10)9(14)15/h1-2,5-6H,3-4H2,(H,12,13)(H,14,15). The van der Waals surface area contributed by atoms with Gasteiger partial charge >= 0.3 is 5.97 Å². The van der Waals surface area contributed by atoms with E-state index >= 15 is 0 Å². The Morgan fingerprint density at radius 2 is 1.93 bits per heavy atom. The van der Waals surface area contributed by atoms with E-state index in [0.29, 0.717) is 18.4 Å². The topological polar surface area (TPSA) is 79.3 Å². The fourth-order valence-electron chi connectivity index (χ4n) is 1.31. The summed E-state index contributed by atoms with van der Waals surface area (Å²) >= 11 is 0. The molecule has 0 bridgehead atoms. The van der Waals surface area contributed by atoms with Crippen LogP contribution in [0.2, 0.25) is 0 Å². The summed E-state index contributed by atoms with van der Waals surface area (Å²) in [4.78, 5) is 26.2. The van der Waals surface area contributed by atoms with Gasteiger partial charge in [0, 0.05) is 18.0 Å². The molecule has 0 aromatic carbocycles. The van der Waals surface area contributed by atoms with Crippen LogP contribution in [0.4, 0.5) is 0 Å². The molecule has 0 spiro atoms. The van der Waals surface area contributed by atoms with Crippen LogP contribution in [0.1, 0.15) is 23.2 Å². The first-order valence-corrected chi connectivity index (χ1v) is 4.60. The number of aliphatic carboxylic acids is 1. The predicted molar refractivity (Wildman–Crippen MR) is 51.3 cm³/mol. The second kappa shape index (κ2) is 3.34. The highest BCUT2D eigenvalue weighted by Gasteiger charge is 2.51. The molecule has 2 rings (SSSR count). The van der Waals surface area contributed by atoms with Crippen LogP contribution < -0.4 is 5.32 Å². The quantitative estimate of drug-likeness (QED) is 0.751. The molecule has 0 aliphatic heterocycles. The smallest absolute Gasteiger partial charge is 0.329 e. The predicted octanol–water partition coefficient (Wildman–Crippen LogP) is 0.429. The molecular weight excluding hydrogens is 196 g/mol. The molecule has 1 aliphatic carbocycles. The number of nitrogens with one attached hydrogen (secondary N) is 1. The molecule has 0 atom stereocenters. The van der Waals surface area contributed by atoms with Gasteiger partial charge in [-0.15, -0.1) is 0 Å². The number of rotatable bonds is 3. The number of carboxylic acid groups (broad SMARTS) is 1. The number of carbonyl (C=O) groups excluding carboxylic acids is 1. The Morgan fingerprint density at radius 3 is 2.40 bits per heavy atom. The van der Waals surface area contributed by atoms with Crippen molar-refractivity contribution in [2.45, 2.75) is 18.4 Å². The van der Waals surface area contributed by atoms with E-state index in [1.165, 1.54) is 12.4 Å². The fourth-order valence-corrected chi connectivity index (χ4v) is 1.31. The number of pyridine rings is 1. The molecule has 5 heteroatoms. The van der Waals surface area contributed by atoms with Crippen LogP contribution >= 0.6 is 0 Å². The largest absolute Gasteiger partial charge is 0.480 e. The van der Waals surface area contributed by atoms with Crippen molar-refractivity contribution in [2.24, 2.45) is 0 Å². The highest BCUT2D eigenvalue weighted by Crippen LogP contribution is 2.35. The maximum atomic E-state index is 11.6. The third-order valence-electron chi connectivity index (χ3n) is 2.45. The molecule has 1 heterocycles. The number of hydrogen-bond donors (Lipinski definition) is 2. The van der Waals surface area contributed by atoms with Crippen molar-refractivity contribution in [3.8, 4) is 0 Å². The van der Waals surface area contributed by atoms with E-state index in [9.17, 15) is 9.59 Å². The van der Waals surface area contributed by atoms with E-state index in [2.05, 4.69) is 10.3 Å². The molecule has 0 unspecified atom stereocenters. The van der Waals surface area contributed by atoms with E-state index in [-0.39, 0.29) is 5.91 Å². The summed E-state index contributed by atoms with van der Waals surface area (Å²) in [5.41, 5.74) is -0.599. The Balaban J connectivity index is 2.08. The summed E-state index contributed by atoms with van der Waals surface area (Å²) in [6, 6.07) is 3.10. The van der Waals surface area contributed by atoms with Gasteiger partial charge in [0.05, 0.1) is 0 Å². The lowest BCUT2D eigenvalue weighted by Crippen LogP contribution is -2.43. The Hall–Kier alpha value is -1.91. The van der Waals surface area contributed by atoms with E-state index in [0.717, 1.165) is 0 Å². The zero-order chi connectivity index (χ0) is 10.9. The van der Waals surface area contributed by atoms with E-state index in [1.807, 2.05) is 0 Å². The van der Waals surface area contributed by atoms with Gasteiger partial charge in [-0.3, -0.25) is 9.78 Å². The minimum absolute atomic E-state index is 0.364. The molecule has 5 nitrogen and oxygen atoms in total. The van der Waals surface area contributed by atoms with Crippen LogP contribution in [0.5, 0.6) is 0 Å². The first-order chi connectivity index (χ1) is 7.14. The van der Waals surface area contributed by atoms with Crippen LogP contribution in [0.3, 0.4) is 0 Å². The van der Waals surface area contributed by atoms with Gasteiger partial charge in [-0.05, 0) is 25.0 Å². The lowest BCUT2D eigenvalue weighted by atomic mass is 10.2. The van der Waals surface area contributed by atoms with Crippen molar-refractivity contribution in [1.29, 1.82) is 0 Å². The summed E-state index contributed by atoms with van der Waals surface area (Å²) in [5.74, 6) is -1.33. The minimum Gasteiger partial charge on any atom is -0.480 e. The van der Waals surface area contributed by atoms with Gasteiger partial charge in [-0.2, -0.15) is 0 Å². The highest BCUT2D eigenvalue weighted by atomic mass is 16.4. The molecule has 15 heavy (non-hydrogen) atoms. The van der Waals surface area contributed by atoms with Gasteiger partial charge in [-0.25, -0.2) is 4.79 Å². The number of hydrogen-bond acceptors (Lipinski definition) is 3. The maximum absolute atomic E-state index is 11.6. The second-order valence-corrected chi connectivity index (χ2v) is 3.58. The maximum Gasteiger partial charge on any atom is 0.329 e. The van der Waals surface area contributed by atoms with Crippen LogP contribution in [0.15, 0.2) is 24.5 Å². The lowest BCUT2D eigenvalue weighted by Gasteiger charge is -2.11. The Morgan fingerprint density at radius 1 is 1.33 bits per heavy atom. The average Bonchev–Trinajstić information content (AvgIpc) is 3.00. The lowest BCUT2D eigenvalue weighted by molar-refractivity contribution is -0.140. The normalized spacial score (nSPS) is 16.8. The van der Waals surface area contributed by atoms with Crippen molar-refractivity contribution in [3.05, 3.63) is 30.1 Å². The van der Waals surface area contributed by atoms with Crippen LogP contribution in [0, 0.1) is 0 Å². The van der Waals surface area contributed by atoms with E-state index in [1.54, 1.807) is 12.1 Å². The molecule has 1 amide bonds. The first kappa shape index (κ1) is 9.64. The zero-order valence-corrected chi connectivity index (χ0v) is 7.93. The van der Waals surface area contributed by atoms with Gasteiger partial charge in [0.2, 0.25) is 0 Å². The van der Waals surface area contributed by atoms with Crippen molar-refractivity contribution in [3.63, 3.8) is 0 Å². The van der Waals surface area contributed by atoms with Crippen molar-refractivity contribution >= 4 is 11.9 Å². The third-order valence-corrected chi connectivity index (χ3v) is 2.45. The van der Waals surface area contributed by atoms with E-state index < -0.39 is 11.5 Å². The minimum atomic E-state index is -1.03. The fraction of sp³-hybridized carbons (Fsp3) is 0.300. The molecule has 2 N–H and O–H groups in total. The van der Waals surface area contributed by atoms with Crippen LogP contribution in [-0.2, 0) is 4.79 Å². The number of amides is 1. The molecule has 1 aromatic rings. The molecule has 0 radical (unpaired) electrons. The molecule has 1 aromatic heterocycles. The number of aromatic nitrogens is 1. The molecule has 0 saturated heterocycles. The van der Waals surface area contributed by atoms with Crippen molar-refractivity contribution in [2.75, 3.05) is 0 Å². The van der Waals surface area contributed by atoms with Crippen molar-refractivity contribution < 1.29 is 14.7 Å². The van der Waals surface area contributed by atoms with Gasteiger partial charge in [0.25, 0.3) is 5.91 Å². The second-order valence-electron chi connectivity index (χ2n) is 3.58. The summed E-state index contributed by atoms with van der Waals surface area (Å²) in [6.45, 7) is 0. The van der Waals surface area contributed by atoms with Crippen LogP contribution in [0.25, 0.3) is 0 Å². The summed E-state index contributed by atoms with van der Waals surface area (Å²) in [5, 5.41) is 11.4. The van der Waals surface area contributed by atoms with E-state index in [4.69, 9.17) is 5.11 Å². The van der Waals surface area contributed by atoms with Crippen molar-refractivity contribution in [1.82, 2.24) is 10.3 Å². The Bertz CT molecular complexity index is 398. The molecule has 1 saturated carbocycles. The molecule has 1 aliphatic rings. The van der Waals surface area contributed by atoms with Gasteiger partial charge in [0.1, 0.15) is 5.54 Å². The summed E-state index contributed by atoms with van der Waals surface area (Å²) in [6.07, 6.45) is 3.99. The number of nitrogens with zero attached hydrogens (tertiary/aromatic N) is 1. The van der Waals surface area contributed by atoms with Gasteiger partial charge in [0.15, 0.2) is 0 Å². The third kappa shape index (κ3) is 1.81. The number of carboxylic acids is 1. The zero-order valence-electron chi connectivity index (χ0n) is 7.93. The number of carbonyl (C=O) groups is 2. The van der Waals surface area contributed by atoms with Crippen LogP contribution in [-0.4, -0.2) is 27.5 Å². The first-order valence-electron chi connectivity index (χ1n) is 4.60. The Labute approximate surface area is 86.1 Å². The Kier molecular flexibility index (Phi) is 2.15. The summed E-state index contributed by atoms with van der Waals surface area (Å²) < 4.78 is 0.